The molecule has 0 bridgehead atoms. The third-order valence-electron chi connectivity index (χ3n) is 4.05. The van der Waals surface area contributed by atoms with Gasteiger partial charge < -0.3 is 19.7 Å². The molecule has 3 aromatic rings. The first-order valence-electron chi connectivity index (χ1n) is 8.64. The first kappa shape index (κ1) is 18.4. The lowest BCUT2D eigenvalue weighted by atomic mass is 10.2. The summed E-state index contributed by atoms with van der Waals surface area (Å²) >= 11 is 0. The third kappa shape index (κ3) is 4.25. The molecule has 1 heterocycles. The number of rotatable bonds is 7. The Morgan fingerprint density at radius 1 is 1.19 bits per heavy atom. The summed E-state index contributed by atoms with van der Waals surface area (Å²) in [5.41, 5.74) is 2.31. The predicted molar refractivity (Wildman–Crippen MR) is 101 cm³/mol. The number of carboxylic acids is 1. The maximum absolute atomic E-state index is 12.5. The van der Waals surface area contributed by atoms with E-state index in [1.165, 1.54) is 6.07 Å². The van der Waals surface area contributed by atoms with Crippen molar-refractivity contribution in [2.75, 3.05) is 6.61 Å². The minimum absolute atomic E-state index is 0.206. The molecule has 0 aliphatic rings. The highest BCUT2D eigenvalue weighted by molar-refractivity contribution is 5.94. The maximum Gasteiger partial charge on any atom is 0.341 e. The summed E-state index contributed by atoms with van der Waals surface area (Å²) in [5.74, 6) is -0.243. The van der Waals surface area contributed by atoms with Gasteiger partial charge >= 0.3 is 5.97 Å². The van der Waals surface area contributed by atoms with Gasteiger partial charge in [-0.2, -0.15) is 0 Å². The third-order valence-corrected chi connectivity index (χ3v) is 4.05. The largest absolute Gasteiger partial charge is 0.482 e. The fourth-order valence-corrected chi connectivity index (χ4v) is 2.93. The molecule has 0 atom stereocenters. The summed E-state index contributed by atoms with van der Waals surface area (Å²) < 4.78 is 7.21. The van der Waals surface area contributed by atoms with Crippen LogP contribution in [0.25, 0.3) is 11.0 Å². The van der Waals surface area contributed by atoms with Gasteiger partial charge in [0.15, 0.2) is 6.61 Å². The summed E-state index contributed by atoms with van der Waals surface area (Å²) in [6.07, 6.45) is 0. The second kappa shape index (κ2) is 7.90. The summed E-state index contributed by atoms with van der Waals surface area (Å²) in [7, 11) is 0. The summed E-state index contributed by atoms with van der Waals surface area (Å²) in [5, 5.41) is 11.6. The van der Waals surface area contributed by atoms with Gasteiger partial charge in [-0.3, -0.25) is 4.79 Å². The quantitative estimate of drug-likeness (QED) is 0.669. The maximum atomic E-state index is 12.5. The highest BCUT2D eigenvalue weighted by Crippen LogP contribution is 2.21. The van der Waals surface area contributed by atoms with Crippen LogP contribution in [0.5, 0.6) is 5.75 Å². The average molecular weight is 367 g/mol. The molecule has 1 amide bonds. The van der Waals surface area contributed by atoms with Crippen LogP contribution < -0.4 is 10.1 Å². The number of carbonyl (C=O) groups excluding carboxylic acids is 1. The van der Waals surface area contributed by atoms with Crippen LogP contribution in [0.4, 0.5) is 0 Å². The molecular weight excluding hydrogens is 346 g/mol. The Morgan fingerprint density at radius 2 is 1.96 bits per heavy atom. The van der Waals surface area contributed by atoms with Crippen molar-refractivity contribution in [3.05, 3.63) is 59.9 Å². The SMILES string of the molecule is CC(C)n1c(CNC(=O)c2cccc(OCC(=O)O)c2)nc2ccccc21. The van der Waals surface area contributed by atoms with Crippen molar-refractivity contribution in [3.8, 4) is 5.75 Å². The number of carbonyl (C=O) groups is 2. The molecule has 3 rings (SSSR count). The number of ether oxygens (including phenoxy) is 1. The summed E-state index contributed by atoms with van der Waals surface area (Å²) in [6.45, 7) is 3.97. The Bertz CT molecular complexity index is 978. The number of carboxylic acid groups (broad SMARTS) is 1. The van der Waals surface area contributed by atoms with Gasteiger partial charge in [0.25, 0.3) is 5.91 Å². The minimum atomic E-state index is -1.07. The molecule has 0 unspecified atom stereocenters. The van der Waals surface area contributed by atoms with Crippen LogP contribution in [0.1, 0.15) is 36.1 Å². The standard InChI is InChI=1S/C20H21N3O4/c1-13(2)23-17-9-4-3-8-16(17)22-18(23)11-21-20(26)14-6-5-7-15(10-14)27-12-19(24)25/h3-10,13H,11-12H2,1-2H3,(H,21,26)(H,24,25). The van der Waals surface area contributed by atoms with E-state index < -0.39 is 12.6 Å². The molecule has 0 saturated heterocycles. The number of hydrogen-bond acceptors (Lipinski definition) is 4. The number of hydrogen-bond donors (Lipinski definition) is 2. The van der Waals surface area contributed by atoms with Gasteiger partial charge in [-0.05, 0) is 44.2 Å². The number of imidazole rings is 1. The number of aromatic nitrogens is 2. The van der Waals surface area contributed by atoms with E-state index in [0.29, 0.717) is 11.3 Å². The van der Waals surface area contributed by atoms with Crippen molar-refractivity contribution in [1.82, 2.24) is 14.9 Å². The predicted octanol–water partition coefficient (Wildman–Crippen LogP) is 3.01. The van der Waals surface area contributed by atoms with E-state index in [0.717, 1.165) is 16.9 Å². The van der Waals surface area contributed by atoms with Gasteiger partial charge in [0.1, 0.15) is 11.6 Å². The van der Waals surface area contributed by atoms with Crippen molar-refractivity contribution >= 4 is 22.9 Å². The van der Waals surface area contributed by atoms with Crippen LogP contribution in [-0.4, -0.2) is 33.1 Å². The van der Waals surface area contributed by atoms with E-state index in [1.54, 1.807) is 18.2 Å². The van der Waals surface area contributed by atoms with Crippen LogP contribution in [0, 0.1) is 0 Å². The molecule has 7 heteroatoms. The van der Waals surface area contributed by atoms with E-state index in [4.69, 9.17) is 9.84 Å². The number of nitrogens with one attached hydrogen (secondary N) is 1. The molecular formula is C20H21N3O4. The Hall–Kier alpha value is -3.35. The molecule has 1 aromatic heterocycles. The monoisotopic (exact) mass is 367 g/mol. The van der Waals surface area contributed by atoms with Crippen molar-refractivity contribution in [2.45, 2.75) is 26.4 Å². The van der Waals surface area contributed by atoms with Crippen molar-refractivity contribution in [3.63, 3.8) is 0 Å². The fourth-order valence-electron chi connectivity index (χ4n) is 2.93. The number of nitrogens with zero attached hydrogens (tertiary/aromatic N) is 2. The number of aliphatic carboxylic acids is 1. The lowest BCUT2D eigenvalue weighted by Gasteiger charge is -2.13. The Balaban J connectivity index is 1.74. The normalized spacial score (nSPS) is 10.9. The fraction of sp³-hybridized carbons (Fsp3) is 0.250. The Morgan fingerprint density at radius 3 is 2.70 bits per heavy atom. The molecule has 0 saturated carbocycles. The van der Waals surface area contributed by atoms with Crippen molar-refractivity contribution < 1.29 is 19.4 Å². The smallest absolute Gasteiger partial charge is 0.341 e. The summed E-state index contributed by atoms with van der Waals surface area (Å²) in [4.78, 5) is 27.7. The summed E-state index contributed by atoms with van der Waals surface area (Å²) in [6, 6.07) is 14.5. The second-order valence-electron chi connectivity index (χ2n) is 6.37. The zero-order chi connectivity index (χ0) is 19.4. The van der Waals surface area contributed by atoms with Crippen LogP contribution >= 0.6 is 0 Å². The number of amides is 1. The van der Waals surface area contributed by atoms with Crippen molar-refractivity contribution in [1.29, 1.82) is 0 Å². The first-order valence-corrected chi connectivity index (χ1v) is 8.64. The van der Waals surface area contributed by atoms with E-state index in [1.807, 2.05) is 24.3 Å². The average Bonchev–Trinajstić information content (AvgIpc) is 3.03. The van der Waals surface area contributed by atoms with Gasteiger partial charge in [-0.1, -0.05) is 18.2 Å². The zero-order valence-corrected chi connectivity index (χ0v) is 15.2. The number of para-hydroxylation sites is 2. The van der Waals surface area contributed by atoms with Gasteiger partial charge in [-0.25, -0.2) is 9.78 Å². The second-order valence-corrected chi connectivity index (χ2v) is 6.37. The molecule has 140 valence electrons. The lowest BCUT2D eigenvalue weighted by Crippen LogP contribution is -2.25. The van der Waals surface area contributed by atoms with Crippen LogP contribution in [0.15, 0.2) is 48.5 Å². The van der Waals surface area contributed by atoms with E-state index in [-0.39, 0.29) is 18.5 Å². The van der Waals surface area contributed by atoms with Gasteiger partial charge in [0.2, 0.25) is 0 Å². The topological polar surface area (TPSA) is 93.5 Å². The highest BCUT2D eigenvalue weighted by atomic mass is 16.5. The van der Waals surface area contributed by atoms with Gasteiger partial charge in [0, 0.05) is 11.6 Å². The Labute approximate surface area is 156 Å². The molecule has 2 N–H and O–H groups in total. The van der Waals surface area contributed by atoms with E-state index >= 15 is 0 Å². The van der Waals surface area contributed by atoms with Crippen LogP contribution in [-0.2, 0) is 11.3 Å². The zero-order valence-electron chi connectivity index (χ0n) is 15.2. The number of benzene rings is 2. The molecule has 27 heavy (non-hydrogen) atoms. The van der Waals surface area contributed by atoms with Crippen molar-refractivity contribution in [2.24, 2.45) is 0 Å². The van der Waals surface area contributed by atoms with E-state index in [2.05, 4.69) is 28.7 Å². The Kier molecular flexibility index (Phi) is 5.40. The lowest BCUT2D eigenvalue weighted by molar-refractivity contribution is -0.139. The van der Waals surface area contributed by atoms with E-state index in [9.17, 15) is 9.59 Å². The van der Waals surface area contributed by atoms with Gasteiger partial charge in [-0.15, -0.1) is 0 Å². The molecule has 2 aromatic carbocycles. The number of fused-ring (bicyclic) bond motifs is 1. The first-order chi connectivity index (χ1) is 13.0. The molecule has 0 spiro atoms. The molecule has 0 aliphatic heterocycles. The molecule has 0 aliphatic carbocycles. The molecule has 7 nitrogen and oxygen atoms in total. The molecule has 0 fully saturated rings. The minimum Gasteiger partial charge on any atom is -0.482 e. The molecule has 0 radical (unpaired) electrons. The van der Waals surface area contributed by atoms with Crippen LogP contribution in [0.3, 0.4) is 0 Å². The van der Waals surface area contributed by atoms with Crippen LogP contribution in [0.2, 0.25) is 0 Å². The highest BCUT2D eigenvalue weighted by Gasteiger charge is 2.14. The van der Waals surface area contributed by atoms with Gasteiger partial charge in [0.05, 0.1) is 17.6 Å².